The van der Waals surface area contributed by atoms with Crippen molar-refractivity contribution in [3.63, 3.8) is 0 Å². The van der Waals surface area contributed by atoms with Crippen LogP contribution < -0.4 is 4.90 Å². The Kier molecular flexibility index (Phi) is 4.83. The van der Waals surface area contributed by atoms with Gasteiger partial charge in [0.05, 0.1) is 18.4 Å². The van der Waals surface area contributed by atoms with Gasteiger partial charge >= 0.3 is 0 Å². The molecular weight excluding hydrogens is 420 g/mol. The van der Waals surface area contributed by atoms with Crippen LogP contribution in [0.25, 0.3) is 23.2 Å². The Morgan fingerprint density at radius 2 is 1.91 bits per heavy atom. The van der Waals surface area contributed by atoms with E-state index in [1.807, 2.05) is 23.9 Å². The van der Waals surface area contributed by atoms with Crippen LogP contribution >= 0.6 is 0 Å². The lowest BCUT2D eigenvalue weighted by molar-refractivity contribution is 0.0817. The van der Waals surface area contributed by atoms with E-state index in [0.29, 0.717) is 23.5 Å². The first-order valence-electron chi connectivity index (χ1n) is 11.2. The van der Waals surface area contributed by atoms with Gasteiger partial charge in [0, 0.05) is 44.0 Å². The molecule has 11 heteroatoms. The number of aryl methyl sites for hydroxylation is 1. The molecule has 4 aromatic rings. The Bertz CT molecular complexity index is 1280. The Morgan fingerprint density at radius 3 is 2.70 bits per heavy atom. The highest BCUT2D eigenvalue weighted by atomic mass is 16.5. The molecule has 1 saturated heterocycles. The molecule has 11 nitrogen and oxygen atoms in total. The van der Waals surface area contributed by atoms with Gasteiger partial charge in [0.15, 0.2) is 17.5 Å². The number of rotatable bonds is 4. The first-order valence-corrected chi connectivity index (χ1v) is 11.2. The number of ether oxygens (including phenoxy) is 1. The van der Waals surface area contributed by atoms with Crippen molar-refractivity contribution in [2.45, 2.75) is 45.2 Å². The third kappa shape index (κ3) is 3.18. The maximum Gasteiger partial charge on any atom is 0.237 e. The minimum atomic E-state index is 0.0757. The molecule has 0 N–H and O–H groups in total. The van der Waals surface area contributed by atoms with Gasteiger partial charge in [-0.2, -0.15) is 4.98 Å². The van der Waals surface area contributed by atoms with Crippen LogP contribution in [0.2, 0.25) is 0 Å². The zero-order valence-corrected chi connectivity index (χ0v) is 18.5. The van der Waals surface area contributed by atoms with Crippen molar-refractivity contribution in [2.75, 3.05) is 18.1 Å². The highest BCUT2D eigenvalue weighted by Crippen LogP contribution is 2.41. The van der Waals surface area contributed by atoms with Crippen molar-refractivity contribution in [2.24, 2.45) is 0 Å². The number of hydrogen-bond donors (Lipinski definition) is 0. The smallest absolute Gasteiger partial charge is 0.237 e. The monoisotopic (exact) mass is 444 g/mol. The Labute approximate surface area is 190 Å². The molecule has 2 aliphatic rings. The van der Waals surface area contributed by atoms with E-state index >= 15 is 0 Å². The SMILES string of the molecule is CCC1c2nnc(C)n2-c2cnc(-n3ccnc3-c3cnccn3)nc2N1C1CCOCC1. The topological polar surface area (TPSA) is 113 Å². The molecule has 33 heavy (non-hydrogen) atoms. The number of imidazole rings is 1. The Morgan fingerprint density at radius 1 is 1.03 bits per heavy atom. The van der Waals surface area contributed by atoms with Crippen molar-refractivity contribution in [1.29, 1.82) is 0 Å². The van der Waals surface area contributed by atoms with Crippen LogP contribution in [0.4, 0.5) is 5.82 Å². The molecular formula is C22H24N10O. The van der Waals surface area contributed by atoms with Gasteiger partial charge in [-0.05, 0) is 26.2 Å². The molecule has 0 spiro atoms. The van der Waals surface area contributed by atoms with Gasteiger partial charge in [-0.3, -0.25) is 14.1 Å². The van der Waals surface area contributed by atoms with E-state index in [1.165, 1.54) is 0 Å². The van der Waals surface area contributed by atoms with E-state index in [4.69, 9.17) is 14.7 Å². The summed E-state index contributed by atoms with van der Waals surface area (Å²) >= 11 is 0. The predicted octanol–water partition coefficient (Wildman–Crippen LogP) is 2.46. The number of anilines is 1. The fourth-order valence-electron chi connectivity index (χ4n) is 4.82. The summed E-state index contributed by atoms with van der Waals surface area (Å²) in [6, 6.07) is 0.380. The van der Waals surface area contributed by atoms with Gasteiger partial charge in [0.2, 0.25) is 5.95 Å². The number of nitrogens with zero attached hydrogens (tertiary/aromatic N) is 10. The van der Waals surface area contributed by atoms with Gasteiger partial charge < -0.3 is 9.64 Å². The maximum absolute atomic E-state index is 5.65. The normalized spacial score (nSPS) is 18.2. The lowest BCUT2D eigenvalue weighted by Crippen LogP contribution is -2.45. The quantitative estimate of drug-likeness (QED) is 0.468. The molecule has 6 heterocycles. The lowest BCUT2D eigenvalue weighted by Gasteiger charge is -2.43. The van der Waals surface area contributed by atoms with Crippen LogP contribution in [-0.2, 0) is 4.74 Å². The van der Waals surface area contributed by atoms with E-state index < -0.39 is 0 Å². The van der Waals surface area contributed by atoms with Crippen molar-refractivity contribution in [3.8, 4) is 23.2 Å². The summed E-state index contributed by atoms with van der Waals surface area (Å²) < 4.78 is 9.58. The first kappa shape index (κ1) is 19.9. The fourth-order valence-corrected chi connectivity index (χ4v) is 4.82. The molecule has 6 rings (SSSR count). The van der Waals surface area contributed by atoms with Crippen LogP contribution in [0.5, 0.6) is 0 Å². The highest BCUT2D eigenvalue weighted by Gasteiger charge is 2.39. The fraction of sp³-hybridized carbons (Fsp3) is 0.409. The van der Waals surface area contributed by atoms with Gasteiger partial charge in [0.1, 0.15) is 17.2 Å². The molecule has 0 aromatic carbocycles. The lowest BCUT2D eigenvalue weighted by atomic mass is 10.0. The van der Waals surface area contributed by atoms with Gasteiger partial charge in [-0.25, -0.2) is 15.0 Å². The Balaban J connectivity index is 1.52. The van der Waals surface area contributed by atoms with E-state index in [0.717, 1.165) is 55.6 Å². The van der Waals surface area contributed by atoms with E-state index in [2.05, 4.69) is 41.5 Å². The summed E-state index contributed by atoms with van der Waals surface area (Å²) in [5, 5.41) is 8.91. The van der Waals surface area contributed by atoms with Crippen LogP contribution in [0, 0.1) is 6.92 Å². The zero-order valence-electron chi connectivity index (χ0n) is 18.5. The first-order chi connectivity index (χ1) is 16.3. The van der Waals surface area contributed by atoms with Crippen molar-refractivity contribution < 1.29 is 4.74 Å². The largest absolute Gasteiger partial charge is 0.381 e. The van der Waals surface area contributed by atoms with E-state index in [1.54, 1.807) is 24.8 Å². The van der Waals surface area contributed by atoms with E-state index in [-0.39, 0.29) is 6.04 Å². The highest BCUT2D eigenvalue weighted by molar-refractivity contribution is 5.64. The Hall–Kier alpha value is -3.73. The average molecular weight is 445 g/mol. The zero-order chi connectivity index (χ0) is 22.4. The molecule has 0 bridgehead atoms. The third-order valence-electron chi connectivity index (χ3n) is 6.33. The van der Waals surface area contributed by atoms with Crippen LogP contribution in [-0.4, -0.2) is 63.5 Å². The summed E-state index contributed by atoms with van der Waals surface area (Å²) in [6.45, 7) is 5.64. The van der Waals surface area contributed by atoms with Crippen LogP contribution in [0.15, 0.2) is 37.2 Å². The molecule has 1 unspecified atom stereocenters. The molecule has 2 aliphatic heterocycles. The van der Waals surface area contributed by atoms with Crippen molar-refractivity contribution >= 4 is 5.82 Å². The molecule has 1 fully saturated rings. The second-order valence-corrected chi connectivity index (χ2v) is 8.21. The van der Waals surface area contributed by atoms with Crippen molar-refractivity contribution in [3.05, 3.63) is 48.8 Å². The second kappa shape index (κ2) is 8.00. The molecule has 4 aromatic heterocycles. The molecule has 0 saturated carbocycles. The summed E-state index contributed by atoms with van der Waals surface area (Å²) in [5.74, 6) is 3.83. The third-order valence-corrected chi connectivity index (χ3v) is 6.33. The van der Waals surface area contributed by atoms with E-state index in [9.17, 15) is 0 Å². The van der Waals surface area contributed by atoms with Crippen LogP contribution in [0.1, 0.15) is 43.9 Å². The molecule has 0 amide bonds. The van der Waals surface area contributed by atoms with Gasteiger partial charge in [-0.1, -0.05) is 6.92 Å². The standard InChI is InChI=1S/C22H24N10O/c1-3-17-21-29-28-14(2)31(21)18-13-26-22(27-20(18)32(17)15-4-10-33-11-5-15)30-9-8-25-19(30)16-12-23-6-7-24-16/h6-9,12-13,15,17H,3-5,10-11H2,1-2H3. The van der Waals surface area contributed by atoms with Gasteiger partial charge in [-0.15, -0.1) is 10.2 Å². The van der Waals surface area contributed by atoms with Crippen LogP contribution in [0.3, 0.4) is 0 Å². The summed E-state index contributed by atoms with van der Waals surface area (Å²) in [4.78, 5) is 25.3. The summed E-state index contributed by atoms with van der Waals surface area (Å²) in [6.07, 6.45) is 13.2. The number of aromatic nitrogens is 9. The second-order valence-electron chi connectivity index (χ2n) is 8.21. The molecule has 0 aliphatic carbocycles. The molecule has 168 valence electrons. The molecule has 0 radical (unpaired) electrons. The number of hydrogen-bond acceptors (Lipinski definition) is 9. The summed E-state index contributed by atoms with van der Waals surface area (Å²) in [5.41, 5.74) is 1.56. The molecule has 1 atom stereocenters. The summed E-state index contributed by atoms with van der Waals surface area (Å²) in [7, 11) is 0. The van der Waals surface area contributed by atoms with Crippen molar-refractivity contribution in [1.82, 2.24) is 44.3 Å². The number of fused-ring (bicyclic) bond motifs is 3. The van der Waals surface area contributed by atoms with Gasteiger partial charge in [0.25, 0.3) is 0 Å². The predicted molar refractivity (Wildman–Crippen MR) is 119 cm³/mol. The minimum absolute atomic E-state index is 0.0757. The minimum Gasteiger partial charge on any atom is -0.381 e. The average Bonchev–Trinajstić information content (AvgIpc) is 3.51. The maximum atomic E-state index is 5.65.